The molecule has 5 heteroatoms. The molecule has 0 saturated heterocycles. The first-order chi connectivity index (χ1) is 8.68. The minimum atomic E-state index is 0.0971. The fourth-order valence-corrected chi connectivity index (χ4v) is 3.22. The third-order valence-electron chi connectivity index (χ3n) is 4.19. The molecule has 2 unspecified atom stereocenters. The first-order valence-corrected chi connectivity index (χ1v) is 6.78. The molecule has 1 aromatic heterocycles. The summed E-state index contributed by atoms with van der Waals surface area (Å²) >= 11 is 0. The van der Waals surface area contributed by atoms with Crippen molar-refractivity contribution in [3.05, 3.63) is 12.0 Å². The van der Waals surface area contributed by atoms with E-state index in [1.807, 2.05) is 11.2 Å². The number of aromatic nitrogens is 2. The van der Waals surface area contributed by atoms with Crippen LogP contribution in [0, 0.1) is 0 Å². The quantitative estimate of drug-likeness (QED) is 0.813. The van der Waals surface area contributed by atoms with Gasteiger partial charge in [-0.1, -0.05) is 12.8 Å². The van der Waals surface area contributed by atoms with E-state index in [2.05, 4.69) is 9.55 Å². The smallest absolute Gasteiger partial charge is 0.225 e. The van der Waals surface area contributed by atoms with Crippen molar-refractivity contribution in [2.45, 2.75) is 51.1 Å². The van der Waals surface area contributed by atoms with Crippen molar-refractivity contribution in [2.24, 2.45) is 5.73 Å². The monoisotopic (exact) mass is 248 g/mol. The molecule has 1 fully saturated rings. The van der Waals surface area contributed by atoms with Crippen LogP contribution in [0.4, 0.5) is 5.82 Å². The molecule has 5 nitrogen and oxygen atoms in total. The highest BCUT2D eigenvalue weighted by molar-refractivity contribution is 5.92. The molecule has 1 aromatic rings. The summed E-state index contributed by atoms with van der Waals surface area (Å²) in [5.74, 6) is 1.09. The molecule has 1 amide bonds. The summed E-state index contributed by atoms with van der Waals surface area (Å²) in [5.41, 5.74) is 7.28. The molecule has 1 aliphatic heterocycles. The van der Waals surface area contributed by atoms with E-state index in [1.54, 1.807) is 6.92 Å². The van der Waals surface area contributed by atoms with Gasteiger partial charge in [0.2, 0.25) is 5.91 Å². The van der Waals surface area contributed by atoms with Gasteiger partial charge in [-0.2, -0.15) is 0 Å². The number of carbonyl (C=O) groups excluding carboxylic acids is 1. The average molecular weight is 248 g/mol. The normalized spacial score (nSPS) is 27.3. The lowest BCUT2D eigenvalue weighted by Gasteiger charge is -2.32. The van der Waals surface area contributed by atoms with Crippen molar-refractivity contribution in [1.29, 1.82) is 0 Å². The number of anilines is 1. The van der Waals surface area contributed by atoms with Gasteiger partial charge in [0, 0.05) is 25.9 Å². The molecular weight excluding hydrogens is 228 g/mol. The predicted molar refractivity (Wildman–Crippen MR) is 69.4 cm³/mol. The molecular formula is C13H20N4O. The highest BCUT2D eigenvalue weighted by atomic mass is 16.2. The van der Waals surface area contributed by atoms with Crippen LogP contribution in [0.1, 0.15) is 44.3 Å². The average Bonchev–Trinajstić information content (AvgIpc) is 2.90. The zero-order valence-electron chi connectivity index (χ0n) is 10.8. The minimum absolute atomic E-state index is 0.0971. The molecule has 3 rings (SSSR count). The van der Waals surface area contributed by atoms with Gasteiger partial charge in [-0.05, 0) is 12.8 Å². The van der Waals surface area contributed by atoms with Crippen molar-refractivity contribution < 1.29 is 4.79 Å². The molecule has 0 radical (unpaired) electrons. The second-order valence-corrected chi connectivity index (χ2v) is 5.36. The van der Waals surface area contributed by atoms with E-state index in [-0.39, 0.29) is 11.9 Å². The van der Waals surface area contributed by atoms with E-state index in [0.717, 1.165) is 37.3 Å². The van der Waals surface area contributed by atoms with E-state index in [9.17, 15) is 4.79 Å². The van der Waals surface area contributed by atoms with Crippen LogP contribution in [0.2, 0.25) is 0 Å². The van der Waals surface area contributed by atoms with Gasteiger partial charge in [0.05, 0.1) is 18.1 Å². The first-order valence-electron chi connectivity index (χ1n) is 6.78. The summed E-state index contributed by atoms with van der Waals surface area (Å²) in [4.78, 5) is 18.0. The van der Waals surface area contributed by atoms with Crippen molar-refractivity contribution in [3.8, 4) is 0 Å². The lowest BCUT2D eigenvalue weighted by Crippen LogP contribution is -2.37. The highest BCUT2D eigenvalue weighted by Crippen LogP contribution is 2.35. The number of nitrogens with zero attached hydrogens (tertiary/aromatic N) is 3. The molecule has 2 heterocycles. The van der Waals surface area contributed by atoms with E-state index in [1.165, 1.54) is 12.8 Å². The molecule has 0 aromatic carbocycles. The molecule has 1 aliphatic carbocycles. The Morgan fingerprint density at radius 2 is 2.22 bits per heavy atom. The predicted octanol–water partition coefficient (Wildman–Crippen LogP) is 1.23. The highest BCUT2D eigenvalue weighted by Gasteiger charge is 2.32. The van der Waals surface area contributed by atoms with E-state index in [0.29, 0.717) is 6.04 Å². The number of rotatable bonds is 1. The van der Waals surface area contributed by atoms with Gasteiger partial charge >= 0.3 is 0 Å². The number of carbonyl (C=O) groups is 1. The van der Waals surface area contributed by atoms with Crippen molar-refractivity contribution in [1.82, 2.24) is 9.55 Å². The van der Waals surface area contributed by atoms with Gasteiger partial charge in [-0.15, -0.1) is 0 Å². The molecule has 2 aliphatic rings. The van der Waals surface area contributed by atoms with Gasteiger partial charge in [0.15, 0.2) is 0 Å². The molecule has 0 spiro atoms. The number of imidazole rings is 1. The third-order valence-corrected chi connectivity index (χ3v) is 4.19. The molecule has 2 atom stereocenters. The summed E-state index contributed by atoms with van der Waals surface area (Å²) in [6, 6.07) is 0.487. The maximum atomic E-state index is 11.7. The Kier molecular flexibility index (Phi) is 2.86. The fraction of sp³-hybridized carbons (Fsp3) is 0.692. The number of hydrogen-bond donors (Lipinski definition) is 1. The van der Waals surface area contributed by atoms with E-state index >= 15 is 0 Å². The molecule has 0 bridgehead atoms. The lowest BCUT2D eigenvalue weighted by molar-refractivity contribution is -0.116. The van der Waals surface area contributed by atoms with E-state index < -0.39 is 0 Å². The number of fused-ring (bicyclic) bond motifs is 1. The van der Waals surface area contributed by atoms with Crippen LogP contribution < -0.4 is 10.6 Å². The Morgan fingerprint density at radius 3 is 2.94 bits per heavy atom. The largest absolute Gasteiger partial charge is 0.326 e. The van der Waals surface area contributed by atoms with Crippen LogP contribution in [0.3, 0.4) is 0 Å². The Morgan fingerprint density at radius 1 is 1.44 bits per heavy atom. The summed E-state index contributed by atoms with van der Waals surface area (Å²) in [6.45, 7) is 2.38. The summed E-state index contributed by atoms with van der Waals surface area (Å²) in [7, 11) is 0. The van der Waals surface area contributed by atoms with Gasteiger partial charge in [0.1, 0.15) is 5.82 Å². The summed E-state index contributed by atoms with van der Waals surface area (Å²) in [6.07, 6.45) is 7.32. The Labute approximate surface area is 107 Å². The van der Waals surface area contributed by atoms with Crippen LogP contribution in [0.15, 0.2) is 6.33 Å². The standard InChI is InChI=1S/C13H20N4O/c1-9(18)16-7-6-11-13(16)17(8-15-11)12-5-3-2-4-10(12)14/h8,10,12H,2-7,14H2,1H3. The fourth-order valence-electron chi connectivity index (χ4n) is 3.22. The zero-order chi connectivity index (χ0) is 12.7. The maximum absolute atomic E-state index is 11.7. The summed E-state index contributed by atoms with van der Waals surface area (Å²) in [5, 5.41) is 0. The second-order valence-electron chi connectivity index (χ2n) is 5.36. The number of hydrogen-bond acceptors (Lipinski definition) is 3. The Hall–Kier alpha value is -1.36. The van der Waals surface area contributed by atoms with Crippen LogP contribution in [-0.2, 0) is 11.2 Å². The number of amides is 1. The van der Waals surface area contributed by atoms with Gasteiger partial charge in [-0.25, -0.2) is 4.98 Å². The first kappa shape index (κ1) is 11.7. The van der Waals surface area contributed by atoms with Gasteiger partial charge in [0.25, 0.3) is 0 Å². The van der Waals surface area contributed by atoms with Crippen LogP contribution in [0.5, 0.6) is 0 Å². The molecule has 2 N–H and O–H groups in total. The van der Waals surface area contributed by atoms with Crippen LogP contribution in [0.25, 0.3) is 0 Å². The molecule has 18 heavy (non-hydrogen) atoms. The Balaban J connectivity index is 1.96. The van der Waals surface area contributed by atoms with Crippen molar-refractivity contribution >= 4 is 11.7 Å². The zero-order valence-corrected chi connectivity index (χ0v) is 10.8. The van der Waals surface area contributed by atoms with Gasteiger partial charge < -0.3 is 10.3 Å². The number of nitrogens with two attached hydrogens (primary N) is 1. The molecule has 98 valence electrons. The van der Waals surface area contributed by atoms with Crippen LogP contribution in [-0.4, -0.2) is 28.0 Å². The van der Waals surface area contributed by atoms with Gasteiger partial charge in [-0.3, -0.25) is 9.69 Å². The van der Waals surface area contributed by atoms with E-state index in [4.69, 9.17) is 5.73 Å². The van der Waals surface area contributed by atoms with Crippen molar-refractivity contribution in [2.75, 3.05) is 11.4 Å². The lowest BCUT2D eigenvalue weighted by atomic mass is 9.91. The second kappa shape index (κ2) is 4.39. The van der Waals surface area contributed by atoms with Crippen molar-refractivity contribution in [3.63, 3.8) is 0 Å². The minimum Gasteiger partial charge on any atom is -0.326 e. The summed E-state index contributed by atoms with van der Waals surface area (Å²) < 4.78 is 2.15. The Bertz CT molecular complexity index is 468. The molecule has 1 saturated carbocycles. The topological polar surface area (TPSA) is 64.2 Å². The SMILES string of the molecule is CC(=O)N1CCc2ncn(C3CCCCC3N)c21. The maximum Gasteiger partial charge on any atom is 0.225 e. The van der Waals surface area contributed by atoms with Crippen LogP contribution >= 0.6 is 0 Å². The third kappa shape index (κ3) is 1.73.